The zero-order chi connectivity index (χ0) is 57.1. The number of nitrogens with zero attached hydrogens (tertiary/aromatic N) is 3. The van der Waals surface area contributed by atoms with Crippen LogP contribution in [0, 0.1) is 11.8 Å². The SMILES string of the molecule is CC.CNCC(=O)Nc1cc(COc2cc3c(cc2OC)C(=O)N2c4ccccc4C[C@H]2C=N3)cc(COc2cc3c(cc2OC)C(=O)N2c4ccccc4CC2CN3)c1.CNCC=O.O=CCNCCC1CCC(C(=O)O)CC1. The van der Waals surface area contributed by atoms with Crippen molar-refractivity contribution in [3.8, 4) is 23.0 Å². The molecule has 5 aromatic rings. The van der Waals surface area contributed by atoms with Gasteiger partial charge in [0.15, 0.2) is 23.0 Å². The number of aliphatic imine (C=N–C) groups is 1. The van der Waals surface area contributed by atoms with E-state index in [0.717, 1.165) is 91.3 Å². The van der Waals surface area contributed by atoms with Gasteiger partial charge >= 0.3 is 5.97 Å². The van der Waals surface area contributed by atoms with Gasteiger partial charge in [0.25, 0.3) is 11.8 Å². The van der Waals surface area contributed by atoms with Gasteiger partial charge in [0, 0.05) is 48.4 Å². The van der Waals surface area contributed by atoms with Crippen molar-refractivity contribution in [2.45, 2.75) is 84.1 Å². The predicted molar refractivity (Wildman–Crippen MR) is 310 cm³/mol. The maximum absolute atomic E-state index is 13.9. The van der Waals surface area contributed by atoms with E-state index in [-0.39, 0.29) is 55.5 Å². The molecule has 0 bridgehead atoms. The Morgan fingerprint density at radius 2 is 1.32 bits per heavy atom. The van der Waals surface area contributed by atoms with Crippen molar-refractivity contribution in [3.05, 3.63) is 124 Å². The van der Waals surface area contributed by atoms with Crippen LogP contribution in [0.25, 0.3) is 0 Å². The molecule has 1 saturated carbocycles. The Kier molecular flexibility index (Phi) is 21.7. The van der Waals surface area contributed by atoms with E-state index in [2.05, 4.69) is 32.7 Å². The smallest absolute Gasteiger partial charge is 0.306 e. The molecule has 2 atom stereocenters. The molecule has 4 heterocycles. The van der Waals surface area contributed by atoms with Gasteiger partial charge in [-0.05, 0) is 130 Å². The second-order valence-corrected chi connectivity index (χ2v) is 19.6. The highest BCUT2D eigenvalue weighted by atomic mass is 16.5. The van der Waals surface area contributed by atoms with E-state index in [9.17, 15) is 28.8 Å². The highest BCUT2D eigenvalue weighted by molar-refractivity contribution is 6.15. The minimum absolute atomic E-state index is 0.00831. The lowest BCUT2D eigenvalue weighted by molar-refractivity contribution is -0.143. The number of methoxy groups -OCH3 is 2. The van der Waals surface area contributed by atoms with E-state index in [1.165, 1.54) is 7.11 Å². The normalized spacial score (nSPS) is 17.8. The molecular weight excluding hydrogens is 1020 g/mol. The van der Waals surface area contributed by atoms with Gasteiger partial charge in [-0.3, -0.25) is 29.1 Å². The second kappa shape index (κ2) is 29.2. The fourth-order valence-electron chi connectivity index (χ4n) is 10.5. The number of amides is 3. The third-order valence-electron chi connectivity index (χ3n) is 14.4. The molecule has 6 N–H and O–H groups in total. The molecule has 5 aromatic carbocycles. The molecule has 0 spiro atoms. The van der Waals surface area contributed by atoms with Crippen LogP contribution in [0.1, 0.15) is 88.9 Å². The molecule has 1 fully saturated rings. The zero-order valence-corrected chi connectivity index (χ0v) is 46.5. The summed E-state index contributed by atoms with van der Waals surface area (Å²) in [5, 5.41) is 23.8. The number of fused-ring (bicyclic) bond motifs is 8. The van der Waals surface area contributed by atoms with E-state index in [1.54, 1.807) is 44.3 Å². The van der Waals surface area contributed by atoms with Gasteiger partial charge in [0.1, 0.15) is 25.8 Å². The standard InChI is InChI=1S/C45H42N6O7.C11H19NO3.C3H7NO.C2H6/c1-46-23-43(52)49-30-13-26(24-57-41-19-35-33(17-39(41)55-2)44(53)50-31(21-47-35)15-28-8-4-6-10-37(28)50)12-27(14-30)25-58-42-20-36-34(18-40(42)56-3)45(54)51-32(22-48-36)16-29-9-5-7-11-38(29)51;13-8-7-12-6-5-9-1-3-10(4-2-9)11(14)15;1-4-2-3-5;1-2/h4-14,17-21,31-32,46,48H,15-16,22-25H2,1-3H3,(H,49,52);8-10,12H,1-7H2,(H,14,15);3-4H,2H2,1H3;1-2H3/t31-,32?;;;/m0.../s1. The molecule has 424 valence electrons. The lowest BCUT2D eigenvalue weighted by atomic mass is 9.80. The van der Waals surface area contributed by atoms with Gasteiger partial charge in [-0.2, -0.15) is 0 Å². The summed E-state index contributed by atoms with van der Waals surface area (Å²) in [5.74, 6) is 1.10. The van der Waals surface area contributed by atoms with Crippen molar-refractivity contribution in [2.24, 2.45) is 16.8 Å². The van der Waals surface area contributed by atoms with Crippen LogP contribution in [0.4, 0.5) is 28.4 Å². The number of benzene rings is 5. The summed E-state index contributed by atoms with van der Waals surface area (Å²) in [7, 11) is 6.51. The molecule has 5 aliphatic rings. The van der Waals surface area contributed by atoms with Crippen LogP contribution in [-0.2, 0) is 45.2 Å². The molecule has 19 heteroatoms. The predicted octanol–water partition coefficient (Wildman–Crippen LogP) is 7.79. The second-order valence-electron chi connectivity index (χ2n) is 19.6. The Labute approximate surface area is 467 Å². The summed E-state index contributed by atoms with van der Waals surface area (Å²) in [5.41, 5.74) is 8.23. The van der Waals surface area contributed by atoms with Gasteiger partial charge in [0.05, 0.1) is 74.4 Å². The molecule has 4 aliphatic heterocycles. The molecule has 0 radical (unpaired) electrons. The first-order chi connectivity index (χ1) is 39.0. The number of ether oxygens (including phenoxy) is 4. The van der Waals surface area contributed by atoms with E-state index in [0.29, 0.717) is 83.2 Å². The minimum Gasteiger partial charge on any atom is -0.493 e. The van der Waals surface area contributed by atoms with Crippen molar-refractivity contribution < 1.29 is 52.8 Å². The summed E-state index contributed by atoms with van der Waals surface area (Å²) in [6.45, 7) is 6.68. The molecule has 80 heavy (non-hydrogen) atoms. The first-order valence-electron chi connectivity index (χ1n) is 27.3. The van der Waals surface area contributed by atoms with Gasteiger partial charge < -0.3 is 65.1 Å². The molecule has 0 saturated heterocycles. The Balaban J connectivity index is 0.000000354. The van der Waals surface area contributed by atoms with Crippen LogP contribution in [0.15, 0.2) is 96.0 Å². The first-order valence-corrected chi connectivity index (χ1v) is 27.3. The number of rotatable bonds is 19. The third-order valence-corrected chi connectivity index (χ3v) is 14.4. The number of likely N-dealkylation sites (N-methyl/N-ethyl adjacent to an activating group) is 2. The van der Waals surface area contributed by atoms with Gasteiger partial charge in [0.2, 0.25) is 5.91 Å². The minimum atomic E-state index is -0.646. The van der Waals surface area contributed by atoms with Crippen molar-refractivity contribution in [2.75, 3.05) is 81.5 Å². The highest BCUT2D eigenvalue weighted by Crippen LogP contribution is 2.43. The van der Waals surface area contributed by atoms with Crippen molar-refractivity contribution in [3.63, 3.8) is 0 Å². The Hall–Kier alpha value is -8.13. The summed E-state index contributed by atoms with van der Waals surface area (Å²) in [6, 6.07) is 28.3. The lowest BCUT2D eigenvalue weighted by Gasteiger charge is -2.25. The van der Waals surface area contributed by atoms with E-state index in [1.807, 2.05) is 91.7 Å². The van der Waals surface area contributed by atoms with Crippen molar-refractivity contribution in [1.29, 1.82) is 0 Å². The number of carboxylic acids is 1. The quantitative estimate of drug-likeness (QED) is 0.0342. The number of carbonyl (C=O) groups is 6. The van der Waals surface area contributed by atoms with Gasteiger partial charge in [-0.15, -0.1) is 0 Å². The molecule has 1 aliphatic carbocycles. The number of hydrogen-bond acceptors (Lipinski definition) is 15. The maximum atomic E-state index is 13.9. The number of nitrogens with one attached hydrogen (secondary N) is 5. The molecule has 3 amide bonds. The molecular formula is C61H74N8O11. The van der Waals surface area contributed by atoms with Gasteiger partial charge in [-0.25, -0.2) is 0 Å². The molecule has 1 unspecified atom stereocenters. The van der Waals surface area contributed by atoms with E-state index >= 15 is 0 Å². The number of aliphatic carboxylic acids is 1. The van der Waals surface area contributed by atoms with Crippen LogP contribution < -0.4 is 55.3 Å². The Morgan fingerprint density at radius 3 is 1.93 bits per heavy atom. The maximum Gasteiger partial charge on any atom is 0.306 e. The number of hydrogen-bond donors (Lipinski definition) is 6. The number of anilines is 4. The topological polar surface area (TPSA) is 239 Å². The lowest BCUT2D eigenvalue weighted by Crippen LogP contribution is -2.39. The first kappa shape index (κ1) is 59.5. The van der Waals surface area contributed by atoms with Crippen molar-refractivity contribution >= 4 is 70.9 Å². The fraction of sp³-hybridized carbons (Fsp3) is 0.393. The number of carbonyl (C=O) groups excluding carboxylic acids is 5. The number of aldehydes is 2. The Bertz CT molecular complexity index is 3010. The van der Waals surface area contributed by atoms with Crippen molar-refractivity contribution in [1.82, 2.24) is 16.0 Å². The summed E-state index contributed by atoms with van der Waals surface area (Å²) >= 11 is 0. The molecule has 19 nitrogen and oxygen atoms in total. The van der Waals surface area contributed by atoms with Crippen LogP contribution in [0.3, 0.4) is 0 Å². The fourth-order valence-corrected chi connectivity index (χ4v) is 10.5. The third kappa shape index (κ3) is 14.6. The highest BCUT2D eigenvalue weighted by Gasteiger charge is 2.39. The summed E-state index contributed by atoms with van der Waals surface area (Å²) < 4.78 is 24.2. The van der Waals surface area contributed by atoms with Crippen LogP contribution in [-0.4, -0.2) is 121 Å². The zero-order valence-electron chi connectivity index (χ0n) is 46.5. The van der Waals surface area contributed by atoms with E-state index in [4.69, 9.17) is 29.0 Å². The van der Waals surface area contributed by atoms with Gasteiger partial charge in [-0.1, -0.05) is 50.2 Å². The Morgan fingerprint density at radius 1 is 0.725 bits per heavy atom. The average molecular weight is 1100 g/mol. The largest absolute Gasteiger partial charge is 0.493 e. The molecule has 0 aromatic heterocycles. The van der Waals surface area contributed by atoms with Crippen LogP contribution >= 0.6 is 0 Å². The molecule has 10 rings (SSSR count). The van der Waals surface area contributed by atoms with Crippen LogP contribution in [0.2, 0.25) is 0 Å². The van der Waals surface area contributed by atoms with Crippen LogP contribution in [0.5, 0.6) is 23.0 Å². The number of carboxylic acid groups (broad SMARTS) is 1. The number of para-hydroxylation sites is 2. The summed E-state index contributed by atoms with van der Waals surface area (Å²) in [6.07, 6.45) is 9.68. The van der Waals surface area contributed by atoms with E-state index < -0.39 is 5.97 Å². The average Bonchev–Trinajstić information content (AvgIpc) is 4.00. The summed E-state index contributed by atoms with van der Waals surface area (Å²) in [4.78, 5) is 79.0. The monoisotopic (exact) mass is 1090 g/mol.